The predicted molar refractivity (Wildman–Crippen MR) is 79.4 cm³/mol. The van der Waals surface area contributed by atoms with E-state index in [1.165, 1.54) is 30.3 Å². The van der Waals surface area contributed by atoms with Crippen molar-refractivity contribution in [3.05, 3.63) is 36.5 Å². The van der Waals surface area contributed by atoms with Crippen LogP contribution in [0.1, 0.15) is 31.1 Å². The summed E-state index contributed by atoms with van der Waals surface area (Å²) in [5, 5.41) is 0. The fraction of sp³-hybridized carbons (Fsp3) is 0.400. The van der Waals surface area contributed by atoms with Crippen molar-refractivity contribution in [1.29, 1.82) is 0 Å². The number of methoxy groups -OCH3 is 1. The van der Waals surface area contributed by atoms with Gasteiger partial charge in [0.1, 0.15) is 11.2 Å². The van der Waals surface area contributed by atoms with Gasteiger partial charge in [0.05, 0.1) is 7.11 Å². The number of rotatable bonds is 4. The van der Waals surface area contributed by atoms with Crippen LogP contribution in [0.15, 0.2) is 31.0 Å². The zero-order valence-electron chi connectivity index (χ0n) is 12.8. The molecule has 1 amide bonds. The van der Waals surface area contributed by atoms with E-state index in [-0.39, 0.29) is 17.9 Å². The number of hydrogen-bond donors (Lipinski definition) is 0. The number of carbonyl (C=O) groups excluding carboxylic acids is 2. The lowest BCUT2D eigenvalue weighted by Crippen LogP contribution is -2.38. The van der Waals surface area contributed by atoms with E-state index in [1.807, 2.05) is 0 Å². The van der Waals surface area contributed by atoms with Gasteiger partial charge in [-0.2, -0.15) is 0 Å². The van der Waals surface area contributed by atoms with Gasteiger partial charge in [-0.05, 0) is 32.9 Å². The molecule has 0 aliphatic carbocycles. The van der Waals surface area contributed by atoms with Gasteiger partial charge in [0.2, 0.25) is 0 Å². The van der Waals surface area contributed by atoms with Crippen molar-refractivity contribution in [2.24, 2.45) is 0 Å². The molecule has 1 heterocycles. The van der Waals surface area contributed by atoms with E-state index in [4.69, 9.17) is 9.47 Å². The number of pyridine rings is 1. The van der Waals surface area contributed by atoms with E-state index < -0.39 is 17.7 Å². The molecule has 114 valence electrons. The monoisotopic (exact) mass is 292 g/mol. The Kier molecular flexibility index (Phi) is 5.46. The van der Waals surface area contributed by atoms with Crippen molar-refractivity contribution in [2.45, 2.75) is 26.4 Å². The second-order valence-corrected chi connectivity index (χ2v) is 5.25. The Balaban J connectivity index is 3.20. The minimum Gasteiger partial charge on any atom is -0.465 e. The van der Waals surface area contributed by atoms with Crippen LogP contribution in [0.2, 0.25) is 0 Å². The Bertz CT molecular complexity index is 535. The lowest BCUT2D eigenvalue weighted by atomic mass is 10.2. The van der Waals surface area contributed by atoms with Crippen molar-refractivity contribution < 1.29 is 19.1 Å². The lowest BCUT2D eigenvalue weighted by molar-refractivity contribution is 0.0581. The van der Waals surface area contributed by atoms with Gasteiger partial charge in [-0.1, -0.05) is 6.08 Å². The molecule has 0 saturated carbocycles. The maximum absolute atomic E-state index is 12.3. The summed E-state index contributed by atoms with van der Waals surface area (Å²) >= 11 is 0. The highest BCUT2D eigenvalue weighted by molar-refractivity contribution is 5.99. The summed E-state index contributed by atoms with van der Waals surface area (Å²) in [6.07, 6.45) is 2.41. The molecule has 0 N–H and O–H groups in total. The van der Waals surface area contributed by atoms with E-state index in [0.29, 0.717) is 0 Å². The third-order valence-electron chi connectivity index (χ3n) is 2.37. The van der Waals surface area contributed by atoms with Gasteiger partial charge in [-0.3, -0.25) is 4.90 Å². The summed E-state index contributed by atoms with van der Waals surface area (Å²) in [7, 11) is 1.27. The number of nitrogens with zero attached hydrogens (tertiary/aromatic N) is 2. The third kappa shape index (κ3) is 4.59. The van der Waals surface area contributed by atoms with Gasteiger partial charge < -0.3 is 9.47 Å². The quantitative estimate of drug-likeness (QED) is 0.630. The average Bonchev–Trinajstić information content (AvgIpc) is 2.42. The van der Waals surface area contributed by atoms with Crippen LogP contribution < -0.4 is 4.90 Å². The molecule has 0 unspecified atom stereocenters. The second kappa shape index (κ2) is 6.88. The van der Waals surface area contributed by atoms with Gasteiger partial charge in [0.15, 0.2) is 5.82 Å². The van der Waals surface area contributed by atoms with Gasteiger partial charge >= 0.3 is 12.1 Å². The average molecular weight is 292 g/mol. The lowest BCUT2D eigenvalue weighted by Gasteiger charge is -2.26. The molecule has 0 atom stereocenters. The van der Waals surface area contributed by atoms with Gasteiger partial charge in [-0.25, -0.2) is 14.6 Å². The Morgan fingerprint density at radius 2 is 2.10 bits per heavy atom. The highest BCUT2D eigenvalue weighted by atomic mass is 16.6. The van der Waals surface area contributed by atoms with Crippen molar-refractivity contribution in [2.75, 3.05) is 18.6 Å². The first-order valence-electron chi connectivity index (χ1n) is 6.45. The number of aromatic nitrogens is 1. The summed E-state index contributed by atoms with van der Waals surface area (Å²) in [6, 6.07) is 3.13. The zero-order valence-corrected chi connectivity index (χ0v) is 12.8. The smallest absolute Gasteiger partial charge is 0.416 e. The van der Waals surface area contributed by atoms with E-state index >= 15 is 0 Å². The largest absolute Gasteiger partial charge is 0.465 e. The molecule has 0 aliphatic rings. The van der Waals surface area contributed by atoms with Crippen LogP contribution >= 0.6 is 0 Å². The standard InChI is InChI=1S/C15H20N2O4/c1-6-10-17(14(19)21-15(2,3)4)12-11(13(18)20-5)8-7-9-16-12/h6-9H,1,10H2,2-5H3. The summed E-state index contributed by atoms with van der Waals surface area (Å²) in [6.45, 7) is 9.05. The fourth-order valence-corrected chi connectivity index (χ4v) is 1.57. The van der Waals surface area contributed by atoms with Gasteiger partial charge in [0, 0.05) is 12.7 Å². The number of esters is 1. The molecule has 1 rings (SSSR count). The number of hydrogen-bond acceptors (Lipinski definition) is 5. The molecule has 6 heteroatoms. The van der Waals surface area contributed by atoms with Gasteiger partial charge in [-0.15, -0.1) is 6.58 Å². The molecule has 0 bridgehead atoms. The third-order valence-corrected chi connectivity index (χ3v) is 2.37. The highest BCUT2D eigenvalue weighted by Gasteiger charge is 2.27. The first-order chi connectivity index (χ1) is 9.80. The van der Waals surface area contributed by atoms with Crippen LogP contribution in [0, 0.1) is 0 Å². The first kappa shape index (κ1) is 16.7. The van der Waals surface area contributed by atoms with Crippen molar-refractivity contribution in [3.63, 3.8) is 0 Å². The fourth-order valence-electron chi connectivity index (χ4n) is 1.57. The molecule has 1 aromatic heterocycles. The first-order valence-corrected chi connectivity index (χ1v) is 6.45. The molecular formula is C15H20N2O4. The SMILES string of the molecule is C=CCN(C(=O)OC(C)(C)C)c1ncccc1C(=O)OC. The van der Waals surface area contributed by atoms with Crippen molar-refractivity contribution in [1.82, 2.24) is 4.98 Å². The van der Waals surface area contributed by atoms with Crippen molar-refractivity contribution >= 4 is 17.9 Å². The summed E-state index contributed by atoms with van der Waals surface area (Å²) in [4.78, 5) is 29.4. The summed E-state index contributed by atoms with van der Waals surface area (Å²) in [5.41, 5.74) is -0.468. The molecular weight excluding hydrogens is 272 g/mol. The Labute approximate surface area is 124 Å². The van der Waals surface area contributed by atoms with Gasteiger partial charge in [0.25, 0.3) is 0 Å². The molecule has 1 aromatic rings. The second-order valence-electron chi connectivity index (χ2n) is 5.25. The number of carbonyl (C=O) groups is 2. The van der Waals surface area contributed by atoms with E-state index in [2.05, 4.69) is 11.6 Å². The van der Waals surface area contributed by atoms with Crippen LogP contribution in [0.25, 0.3) is 0 Å². The zero-order chi connectivity index (χ0) is 16.0. The topological polar surface area (TPSA) is 68.7 Å². The molecule has 6 nitrogen and oxygen atoms in total. The molecule has 0 fully saturated rings. The van der Waals surface area contributed by atoms with E-state index in [0.717, 1.165) is 0 Å². The normalized spacial score (nSPS) is 10.7. The van der Waals surface area contributed by atoms with Crippen LogP contribution in [0.4, 0.5) is 10.6 Å². The van der Waals surface area contributed by atoms with E-state index in [1.54, 1.807) is 26.8 Å². The van der Waals surface area contributed by atoms with Crippen molar-refractivity contribution in [3.8, 4) is 0 Å². The Morgan fingerprint density at radius 1 is 1.43 bits per heavy atom. The summed E-state index contributed by atoms with van der Waals surface area (Å²) in [5.74, 6) is -0.394. The van der Waals surface area contributed by atoms with Crippen LogP contribution in [0.3, 0.4) is 0 Å². The molecule has 21 heavy (non-hydrogen) atoms. The Hall–Kier alpha value is -2.37. The predicted octanol–water partition coefficient (Wildman–Crippen LogP) is 2.80. The number of amides is 1. The number of anilines is 1. The molecule has 0 aliphatic heterocycles. The number of ether oxygens (including phenoxy) is 2. The maximum atomic E-state index is 12.3. The Morgan fingerprint density at radius 3 is 2.62 bits per heavy atom. The van der Waals surface area contributed by atoms with E-state index in [9.17, 15) is 9.59 Å². The highest BCUT2D eigenvalue weighted by Crippen LogP contribution is 2.21. The molecule has 0 spiro atoms. The molecule has 0 aromatic carbocycles. The van der Waals surface area contributed by atoms with Crippen LogP contribution in [-0.2, 0) is 9.47 Å². The molecule has 0 radical (unpaired) electrons. The summed E-state index contributed by atoms with van der Waals surface area (Å²) < 4.78 is 10.0. The minimum atomic E-state index is -0.656. The maximum Gasteiger partial charge on any atom is 0.416 e. The minimum absolute atomic E-state index is 0.163. The van der Waals surface area contributed by atoms with Crippen LogP contribution in [-0.4, -0.2) is 36.3 Å². The molecule has 0 saturated heterocycles. The van der Waals surface area contributed by atoms with Crippen LogP contribution in [0.5, 0.6) is 0 Å².